The van der Waals surface area contributed by atoms with Gasteiger partial charge < -0.3 is 14.2 Å². The summed E-state index contributed by atoms with van der Waals surface area (Å²) >= 11 is 0. The van der Waals surface area contributed by atoms with E-state index in [-0.39, 0.29) is 0 Å². The van der Waals surface area contributed by atoms with Crippen LogP contribution in [0.2, 0.25) is 0 Å². The Hall–Kier alpha value is -2.02. The van der Waals surface area contributed by atoms with E-state index in [1.54, 1.807) is 12.7 Å². The van der Waals surface area contributed by atoms with Gasteiger partial charge in [-0.3, -0.25) is 0 Å². The minimum Gasteiger partial charge on any atom is -0.381 e. The molecule has 0 saturated carbocycles. The zero-order valence-corrected chi connectivity index (χ0v) is 13.3. The van der Waals surface area contributed by atoms with Crippen LogP contribution >= 0.6 is 0 Å². The second kappa shape index (κ2) is 6.39. The van der Waals surface area contributed by atoms with Crippen molar-refractivity contribution in [2.75, 3.05) is 25.2 Å². The molecule has 1 aliphatic rings. The number of aromatic nitrogens is 5. The van der Waals surface area contributed by atoms with Gasteiger partial charge in [0.1, 0.15) is 18.5 Å². The molecule has 1 fully saturated rings. The Balaban J connectivity index is 1.75. The number of hydrogen-bond acceptors (Lipinski definition) is 6. The topological polar surface area (TPSA) is 69.0 Å². The third kappa shape index (κ3) is 3.09. The van der Waals surface area contributed by atoms with E-state index in [0.717, 1.165) is 37.0 Å². The van der Waals surface area contributed by atoms with Crippen LogP contribution in [-0.4, -0.2) is 45.0 Å². The molecule has 0 amide bonds. The van der Waals surface area contributed by atoms with Crippen molar-refractivity contribution >= 4 is 5.82 Å². The van der Waals surface area contributed by atoms with Gasteiger partial charge in [-0.1, -0.05) is 0 Å². The second-order valence-corrected chi connectivity index (χ2v) is 5.97. The van der Waals surface area contributed by atoms with Crippen molar-refractivity contribution in [3.63, 3.8) is 0 Å². The highest BCUT2D eigenvalue weighted by molar-refractivity contribution is 5.39. The van der Waals surface area contributed by atoms with Gasteiger partial charge in [0.2, 0.25) is 0 Å². The fourth-order valence-corrected chi connectivity index (χ4v) is 2.67. The molecule has 7 nitrogen and oxygen atoms in total. The molecule has 0 spiro atoms. The van der Waals surface area contributed by atoms with Gasteiger partial charge in [0.05, 0.1) is 18.8 Å². The van der Waals surface area contributed by atoms with Crippen LogP contribution in [0.1, 0.15) is 43.7 Å². The Morgan fingerprint density at radius 1 is 1.41 bits per heavy atom. The minimum absolute atomic E-state index is 0.343. The average Bonchev–Trinajstić information content (AvgIpc) is 3.18. The van der Waals surface area contributed by atoms with E-state index in [9.17, 15) is 0 Å². The molecule has 3 heterocycles. The van der Waals surface area contributed by atoms with Gasteiger partial charge in [-0.15, -0.1) is 10.2 Å². The second-order valence-electron chi connectivity index (χ2n) is 5.97. The van der Waals surface area contributed by atoms with Crippen molar-refractivity contribution < 1.29 is 4.74 Å². The van der Waals surface area contributed by atoms with Crippen LogP contribution in [0.3, 0.4) is 0 Å². The molecule has 118 valence electrons. The Morgan fingerprint density at radius 2 is 2.27 bits per heavy atom. The Kier molecular flexibility index (Phi) is 4.33. The quantitative estimate of drug-likeness (QED) is 0.838. The van der Waals surface area contributed by atoms with E-state index in [2.05, 4.69) is 49.5 Å². The highest BCUT2D eigenvalue weighted by atomic mass is 16.5. The fraction of sp³-hybridized carbons (Fsp3) is 0.600. The zero-order chi connectivity index (χ0) is 15.5. The normalized spacial score (nSPS) is 18.1. The molecule has 0 aliphatic carbocycles. The van der Waals surface area contributed by atoms with Gasteiger partial charge in [-0.2, -0.15) is 0 Å². The fourth-order valence-electron chi connectivity index (χ4n) is 2.67. The van der Waals surface area contributed by atoms with Crippen molar-refractivity contribution in [3.05, 3.63) is 30.2 Å². The highest BCUT2D eigenvalue weighted by Crippen LogP contribution is 2.25. The minimum atomic E-state index is 0.343. The molecule has 0 radical (unpaired) electrons. The molecule has 1 aliphatic heterocycles. The molecular formula is C15H22N6O. The summed E-state index contributed by atoms with van der Waals surface area (Å²) in [6, 6.07) is 2.39. The lowest BCUT2D eigenvalue weighted by molar-refractivity contribution is 0.193. The molecule has 22 heavy (non-hydrogen) atoms. The Morgan fingerprint density at radius 3 is 3.00 bits per heavy atom. The summed E-state index contributed by atoms with van der Waals surface area (Å²) in [4.78, 5) is 10.9. The summed E-state index contributed by atoms with van der Waals surface area (Å²) in [6.45, 7) is 6.47. The number of rotatable bonds is 5. The first-order chi connectivity index (χ1) is 10.6. The molecule has 1 saturated heterocycles. The first-order valence-corrected chi connectivity index (χ1v) is 7.64. The Labute approximate surface area is 130 Å². The van der Waals surface area contributed by atoms with Crippen molar-refractivity contribution in [2.45, 2.75) is 38.8 Å². The van der Waals surface area contributed by atoms with Crippen LogP contribution in [0.15, 0.2) is 18.7 Å². The van der Waals surface area contributed by atoms with E-state index in [4.69, 9.17) is 4.74 Å². The van der Waals surface area contributed by atoms with E-state index < -0.39 is 0 Å². The first kappa shape index (κ1) is 14.9. The number of hydrogen-bond donors (Lipinski definition) is 0. The monoisotopic (exact) mass is 302 g/mol. The summed E-state index contributed by atoms with van der Waals surface area (Å²) in [6.07, 6.45) is 4.43. The van der Waals surface area contributed by atoms with E-state index >= 15 is 0 Å². The molecule has 0 N–H and O–H groups in total. The highest BCUT2D eigenvalue weighted by Gasteiger charge is 2.20. The van der Waals surface area contributed by atoms with Gasteiger partial charge >= 0.3 is 0 Å². The molecule has 2 aromatic rings. The summed E-state index contributed by atoms with van der Waals surface area (Å²) in [5.41, 5.74) is 1.06. The predicted molar refractivity (Wildman–Crippen MR) is 82.7 cm³/mol. The standard InChI is InChI=1S/C15H22N6O/c1-11(2)21-10-18-19-15(21)7-20(3)14-6-13(16-9-17-14)12-4-5-22-8-12/h6,9-12H,4-5,7-8H2,1-3H3/t12-/m0/s1. The summed E-state index contributed by atoms with van der Waals surface area (Å²) in [7, 11) is 2.01. The maximum absolute atomic E-state index is 5.44. The van der Waals surface area contributed by atoms with Gasteiger partial charge in [-0.25, -0.2) is 9.97 Å². The number of anilines is 1. The maximum Gasteiger partial charge on any atom is 0.152 e. The van der Waals surface area contributed by atoms with Crippen LogP contribution in [0, 0.1) is 0 Å². The lowest BCUT2D eigenvalue weighted by Gasteiger charge is -2.20. The lowest BCUT2D eigenvalue weighted by atomic mass is 10.0. The van der Waals surface area contributed by atoms with Crippen molar-refractivity contribution in [3.8, 4) is 0 Å². The SMILES string of the molecule is CC(C)n1cnnc1CN(C)c1cc([C@H]2CCOC2)ncn1. The van der Waals surface area contributed by atoms with Crippen LogP contribution in [0.5, 0.6) is 0 Å². The van der Waals surface area contributed by atoms with Crippen LogP contribution < -0.4 is 4.90 Å². The molecule has 0 bridgehead atoms. The molecular weight excluding hydrogens is 280 g/mol. The van der Waals surface area contributed by atoms with Crippen LogP contribution in [-0.2, 0) is 11.3 Å². The average molecular weight is 302 g/mol. The zero-order valence-electron chi connectivity index (χ0n) is 13.3. The first-order valence-electron chi connectivity index (χ1n) is 7.64. The molecule has 1 atom stereocenters. The van der Waals surface area contributed by atoms with Gasteiger partial charge in [0.15, 0.2) is 5.82 Å². The maximum atomic E-state index is 5.44. The van der Waals surface area contributed by atoms with E-state index in [0.29, 0.717) is 18.5 Å². The van der Waals surface area contributed by atoms with Gasteiger partial charge in [-0.05, 0) is 20.3 Å². The summed E-state index contributed by atoms with van der Waals surface area (Å²) in [5.74, 6) is 2.21. The molecule has 0 unspecified atom stereocenters. The molecule has 7 heteroatoms. The van der Waals surface area contributed by atoms with Crippen LogP contribution in [0.25, 0.3) is 0 Å². The predicted octanol–water partition coefficient (Wildman–Crippen LogP) is 1.79. The third-order valence-electron chi connectivity index (χ3n) is 4.00. The van der Waals surface area contributed by atoms with Crippen molar-refractivity contribution in [2.24, 2.45) is 0 Å². The number of ether oxygens (including phenoxy) is 1. The molecule has 0 aromatic carbocycles. The van der Waals surface area contributed by atoms with Crippen LogP contribution in [0.4, 0.5) is 5.82 Å². The van der Waals surface area contributed by atoms with E-state index in [1.807, 2.05) is 7.05 Å². The van der Waals surface area contributed by atoms with Crippen molar-refractivity contribution in [1.29, 1.82) is 0 Å². The molecule has 2 aromatic heterocycles. The Bertz CT molecular complexity index is 620. The lowest BCUT2D eigenvalue weighted by Crippen LogP contribution is -2.21. The largest absolute Gasteiger partial charge is 0.381 e. The summed E-state index contributed by atoms with van der Waals surface area (Å²) in [5, 5.41) is 8.22. The van der Waals surface area contributed by atoms with Crippen molar-refractivity contribution in [1.82, 2.24) is 24.7 Å². The molecule has 3 rings (SSSR count). The number of nitrogens with zero attached hydrogens (tertiary/aromatic N) is 6. The van der Waals surface area contributed by atoms with Gasteiger partial charge in [0.25, 0.3) is 0 Å². The third-order valence-corrected chi connectivity index (χ3v) is 4.00. The summed E-state index contributed by atoms with van der Waals surface area (Å²) < 4.78 is 7.52. The van der Waals surface area contributed by atoms with E-state index in [1.165, 1.54) is 0 Å². The smallest absolute Gasteiger partial charge is 0.152 e. The van der Waals surface area contributed by atoms with Gasteiger partial charge in [0, 0.05) is 31.7 Å².